The first-order valence-electron chi connectivity index (χ1n) is 8.45. The predicted octanol–water partition coefficient (Wildman–Crippen LogP) is 1.45. The fourth-order valence-corrected chi connectivity index (χ4v) is 2.94. The van der Waals surface area contributed by atoms with E-state index in [1.165, 1.54) is 0 Å². The highest BCUT2D eigenvalue weighted by Gasteiger charge is 2.15. The Labute approximate surface area is 149 Å². The van der Waals surface area contributed by atoms with Gasteiger partial charge in [-0.05, 0) is 32.6 Å². The molecule has 4 rings (SSSR count). The third-order valence-electron chi connectivity index (χ3n) is 4.27. The van der Waals surface area contributed by atoms with Gasteiger partial charge in [-0.3, -0.25) is 9.36 Å². The fourth-order valence-electron chi connectivity index (χ4n) is 2.94. The molecule has 0 atom stereocenters. The zero-order chi connectivity index (χ0) is 18.1. The van der Waals surface area contributed by atoms with Crippen molar-refractivity contribution in [2.75, 3.05) is 20.6 Å². The Morgan fingerprint density at radius 2 is 1.88 bits per heavy atom. The molecule has 0 amide bonds. The van der Waals surface area contributed by atoms with Crippen molar-refractivity contribution >= 4 is 16.8 Å². The van der Waals surface area contributed by atoms with Crippen LogP contribution in [-0.4, -0.2) is 54.9 Å². The summed E-state index contributed by atoms with van der Waals surface area (Å²) in [6.07, 6.45) is 4.14. The molecule has 0 fully saturated rings. The quantitative estimate of drug-likeness (QED) is 0.542. The fraction of sp³-hybridized carbons (Fsp3) is 0.278. The van der Waals surface area contributed by atoms with Crippen molar-refractivity contribution < 1.29 is 0 Å². The van der Waals surface area contributed by atoms with E-state index in [-0.39, 0.29) is 11.1 Å². The summed E-state index contributed by atoms with van der Waals surface area (Å²) in [6.45, 7) is 1.49. The monoisotopic (exact) mass is 349 g/mol. The minimum absolute atomic E-state index is 0.195. The standard InChI is InChI=1S/C18H19N7O/c1-23(2)9-6-10-24-12-19-17-15(18(24)26)21-22-16-14(11-20-25(16)17)13-7-4-3-5-8-13/h3-5,7-8,11-12H,6,9-10H2,1-2H3. The molecule has 4 aromatic rings. The number of aromatic nitrogens is 6. The average Bonchev–Trinajstić information content (AvgIpc) is 3.08. The van der Waals surface area contributed by atoms with Crippen molar-refractivity contribution in [3.63, 3.8) is 0 Å². The van der Waals surface area contributed by atoms with E-state index >= 15 is 0 Å². The van der Waals surface area contributed by atoms with E-state index in [0.717, 1.165) is 24.1 Å². The van der Waals surface area contributed by atoms with Crippen LogP contribution >= 0.6 is 0 Å². The molecular weight excluding hydrogens is 330 g/mol. The average molecular weight is 349 g/mol. The van der Waals surface area contributed by atoms with Crippen molar-refractivity contribution in [3.8, 4) is 11.1 Å². The first-order valence-corrected chi connectivity index (χ1v) is 8.45. The van der Waals surface area contributed by atoms with Crippen LogP contribution in [0.4, 0.5) is 0 Å². The Hall–Kier alpha value is -3.13. The lowest BCUT2D eigenvalue weighted by Crippen LogP contribution is -2.25. The second-order valence-electron chi connectivity index (χ2n) is 6.43. The van der Waals surface area contributed by atoms with Crippen LogP contribution in [-0.2, 0) is 6.54 Å². The molecule has 1 aromatic carbocycles. The van der Waals surface area contributed by atoms with Gasteiger partial charge in [0.2, 0.25) is 0 Å². The van der Waals surface area contributed by atoms with Crippen molar-refractivity contribution in [2.24, 2.45) is 0 Å². The molecule has 0 bridgehead atoms. The molecule has 0 spiro atoms. The lowest BCUT2D eigenvalue weighted by atomic mass is 10.1. The summed E-state index contributed by atoms with van der Waals surface area (Å²) in [5, 5.41) is 12.8. The van der Waals surface area contributed by atoms with Crippen molar-refractivity contribution in [1.29, 1.82) is 0 Å². The minimum atomic E-state index is -0.195. The molecule has 0 saturated carbocycles. The normalized spacial score (nSPS) is 11.7. The Kier molecular flexibility index (Phi) is 4.18. The van der Waals surface area contributed by atoms with Crippen LogP contribution in [0.2, 0.25) is 0 Å². The van der Waals surface area contributed by atoms with Gasteiger partial charge in [-0.15, -0.1) is 10.2 Å². The van der Waals surface area contributed by atoms with Gasteiger partial charge in [-0.25, -0.2) is 4.98 Å². The van der Waals surface area contributed by atoms with E-state index in [1.807, 2.05) is 44.4 Å². The van der Waals surface area contributed by atoms with Gasteiger partial charge in [-0.1, -0.05) is 30.3 Å². The Balaban J connectivity index is 1.78. The summed E-state index contributed by atoms with van der Waals surface area (Å²) < 4.78 is 3.16. The Morgan fingerprint density at radius 1 is 1.08 bits per heavy atom. The molecule has 0 radical (unpaired) electrons. The summed E-state index contributed by atoms with van der Waals surface area (Å²) in [7, 11) is 4.01. The molecule has 8 nitrogen and oxygen atoms in total. The highest BCUT2D eigenvalue weighted by molar-refractivity contribution is 5.80. The minimum Gasteiger partial charge on any atom is -0.309 e. The zero-order valence-electron chi connectivity index (χ0n) is 14.7. The van der Waals surface area contributed by atoms with Crippen LogP contribution in [0.1, 0.15) is 6.42 Å². The summed E-state index contributed by atoms with van der Waals surface area (Å²) in [5.41, 5.74) is 2.89. The number of hydrogen-bond acceptors (Lipinski definition) is 6. The van der Waals surface area contributed by atoms with E-state index in [2.05, 4.69) is 25.2 Å². The van der Waals surface area contributed by atoms with Crippen LogP contribution in [0.25, 0.3) is 27.9 Å². The maximum absolute atomic E-state index is 12.7. The highest BCUT2D eigenvalue weighted by atomic mass is 16.1. The molecule has 0 aliphatic rings. The first kappa shape index (κ1) is 16.3. The first-order chi connectivity index (χ1) is 12.6. The summed E-state index contributed by atoms with van der Waals surface area (Å²) in [6, 6.07) is 9.84. The van der Waals surface area contributed by atoms with Gasteiger partial charge in [0.05, 0.1) is 6.20 Å². The molecule has 0 unspecified atom stereocenters. The molecule has 0 N–H and O–H groups in total. The zero-order valence-corrected chi connectivity index (χ0v) is 14.7. The molecule has 132 valence electrons. The van der Waals surface area contributed by atoms with E-state index in [1.54, 1.807) is 21.6 Å². The van der Waals surface area contributed by atoms with Crippen LogP contribution in [0, 0.1) is 0 Å². The van der Waals surface area contributed by atoms with Crippen LogP contribution < -0.4 is 5.56 Å². The van der Waals surface area contributed by atoms with Gasteiger partial charge in [-0.2, -0.15) is 9.61 Å². The lowest BCUT2D eigenvalue weighted by molar-refractivity contribution is 0.384. The third-order valence-corrected chi connectivity index (χ3v) is 4.27. The smallest absolute Gasteiger partial charge is 0.283 e. The third kappa shape index (κ3) is 2.84. The topological polar surface area (TPSA) is 81.2 Å². The van der Waals surface area contributed by atoms with Crippen LogP contribution in [0.3, 0.4) is 0 Å². The molecule has 3 aromatic heterocycles. The second-order valence-corrected chi connectivity index (χ2v) is 6.43. The Morgan fingerprint density at radius 3 is 2.65 bits per heavy atom. The van der Waals surface area contributed by atoms with Crippen LogP contribution in [0.15, 0.2) is 47.7 Å². The second kappa shape index (κ2) is 6.64. The van der Waals surface area contributed by atoms with Crippen molar-refractivity contribution in [1.82, 2.24) is 34.3 Å². The maximum Gasteiger partial charge on any atom is 0.283 e. The van der Waals surface area contributed by atoms with Crippen LogP contribution in [0.5, 0.6) is 0 Å². The van der Waals surface area contributed by atoms with E-state index in [0.29, 0.717) is 17.8 Å². The van der Waals surface area contributed by atoms with Gasteiger partial charge in [0, 0.05) is 12.1 Å². The SMILES string of the molecule is CN(C)CCCn1cnc2c(nnc3c(-c4ccccc4)cnn32)c1=O. The number of aryl methyl sites for hydroxylation is 1. The number of fused-ring (bicyclic) bond motifs is 3. The van der Waals surface area contributed by atoms with E-state index in [4.69, 9.17) is 0 Å². The van der Waals surface area contributed by atoms with E-state index < -0.39 is 0 Å². The summed E-state index contributed by atoms with van der Waals surface area (Å²) in [5.74, 6) is 0. The lowest BCUT2D eigenvalue weighted by Gasteiger charge is -2.10. The van der Waals surface area contributed by atoms with Gasteiger partial charge >= 0.3 is 0 Å². The van der Waals surface area contributed by atoms with Crippen molar-refractivity contribution in [2.45, 2.75) is 13.0 Å². The largest absolute Gasteiger partial charge is 0.309 e. The van der Waals surface area contributed by atoms with Gasteiger partial charge in [0.25, 0.3) is 5.56 Å². The van der Waals surface area contributed by atoms with E-state index in [9.17, 15) is 4.79 Å². The van der Waals surface area contributed by atoms with Gasteiger partial charge < -0.3 is 4.90 Å². The molecule has 0 aliphatic heterocycles. The predicted molar refractivity (Wildman–Crippen MR) is 99.0 cm³/mol. The molecule has 0 aliphatic carbocycles. The molecule has 26 heavy (non-hydrogen) atoms. The molecule has 8 heteroatoms. The van der Waals surface area contributed by atoms with Gasteiger partial charge in [0.1, 0.15) is 6.33 Å². The Bertz CT molecular complexity index is 1120. The summed E-state index contributed by atoms with van der Waals surface area (Å²) >= 11 is 0. The molecular formula is C18H19N7O. The summed E-state index contributed by atoms with van der Waals surface area (Å²) in [4.78, 5) is 19.2. The maximum atomic E-state index is 12.7. The highest BCUT2D eigenvalue weighted by Crippen LogP contribution is 2.23. The molecule has 3 heterocycles. The number of nitrogens with zero attached hydrogens (tertiary/aromatic N) is 7. The number of benzene rings is 1. The number of rotatable bonds is 5. The number of hydrogen-bond donors (Lipinski definition) is 0. The van der Waals surface area contributed by atoms with Gasteiger partial charge in [0.15, 0.2) is 16.8 Å². The molecule has 0 saturated heterocycles. The van der Waals surface area contributed by atoms with Crippen molar-refractivity contribution in [3.05, 3.63) is 53.2 Å².